The maximum absolute atomic E-state index is 2.82. The van der Waals surface area contributed by atoms with Gasteiger partial charge in [0.1, 0.15) is 0 Å². The molecule has 0 aromatic carbocycles. The van der Waals surface area contributed by atoms with Crippen LogP contribution in [-0.2, 0) is 0 Å². The van der Waals surface area contributed by atoms with E-state index in [4.69, 9.17) is 0 Å². The third-order valence-electron chi connectivity index (χ3n) is 6.85. The highest BCUT2D eigenvalue weighted by Gasteiger charge is 2.15. The van der Waals surface area contributed by atoms with Crippen LogP contribution in [0, 0.1) is 18.3 Å². The van der Waals surface area contributed by atoms with E-state index in [0.717, 1.165) is 11.8 Å². The summed E-state index contributed by atoms with van der Waals surface area (Å²) in [5.74, 6) is 1.78. The highest BCUT2D eigenvalue weighted by Crippen LogP contribution is 2.28. The van der Waals surface area contributed by atoms with E-state index in [-0.39, 0.29) is 0 Å². The van der Waals surface area contributed by atoms with E-state index in [1.165, 1.54) is 141 Å². The molecule has 175 valence electrons. The summed E-state index contributed by atoms with van der Waals surface area (Å²) in [4.78, 5) is 0. The summed E-state index contributed by atoms with van der Waals surface area (Å²) >= 11 is 0. The molecule has 0 bridgehead atoms. The minimum absolute atomic E-state index is 0.881. The maximum Gasteiger partial charge on any atom is -0.0324 e. The highest BCUT2D eigenvalue weighted by atomic mass is 14.2. The van der Waals surface area contributed by atoms with Crippen molar-refractivity contribution in [1.29, 1.82) is 0 Å². The summed E-state index contributed by atoms with van der Waals surface area (Å²) in [6, 6.07) is 0. The summed E-state index contributed by atoms with van der Waals surface area (Å²) in [6.45, 7) is 9.38. The lowest BCUT2D eigenvalue weighted by molar-refractivity contribution is 0.378. The molecule has 1 radical (unpaired) electrons. The number of unbranched alkanes of at least 4 members (excludes halogenated alkanes) is 15. The first-order chi connectivity index (χ1) is 14.3. The molecule has 1 unspecified atom stereocenters. The Morgan fingerprint density at radius 1 is 0.379 bits per heavy atom. The Kier molecular flexibility index (Phi) is 24.3. The fourth-order valence-electron chi connectivity index (χ4n) is 4.72. The summed E-state index contributed by atoms with van der Waals surface area (Å²) in [7, 11) is 0. The van der Waals surface area contributed by atoms with Gasteiger partial charge in [0.15, 0.2) is 0 Å². The van der Waals surface area contributed by atoms with Crippen LogP contribution in [0.4, 0.5) is 0 Å². The van der Waals surface area contributed by atoms with Crippen LogP contribution in [0.2, 0.25) is 0 Å². The Bertz CT molecular complexity index is 266. The van der Waals surface area contributed by atoms with Gasteiger partial charge in [-0.1, -0.05) is 169 Å². The molecule has 0 fully saturated rings. The molecule has 0 heterocycles. The lowest BCUT2D eigenvalue weighted by Gasteiger charge is -2.23. The Hall–Kier alpha value is 0. The maximum atomic E-state index is 2.82. The van der Waals surface area contributed by atoms with Crippen LogP contribution in [0.15, 0.2) is 0 Å². The molecule has 0 nitrogen and oxygen atoms in total. The Balaban J connectivity index is 4.14. The first-order valence-electron chi connectivity index (χ1n) is 14.1. The van der Waals surface area contributed by atoms with Crippen LogP contribution in [0.3, 0.4) is 0 Å². The molecule has 0 amide bonds. The Morgan fingerprint density at radius 3 is 1.03 bits per heavy atom. The quantitative estimate of drug-likeness (QED) is 0.139. The van der Waals surface area contributed by atoms with Crippen molar-refractivity contribution in [3.63, 3.8) is 0 Å². The zero-order valence-electron chi connectivity index (χ0n) is 21.3. The predicted octanol–water partition coefficient (Wildman–Crippen LogP) is 11.1. The average Bonchev–Trinajstić information content (AvgIpc) is 2.74. The van der Waals surface area contributed by atoms with Crippen molar-refractivity contribution in [2.75, 3.05) is 0 Å². The van der Waals surface area contributed by atoms with E-state index in [1.807, 2.05) is 0 Å². The van der Waals surface area contributed by atoms with Gasteiger partial charge in [-0.3, -0.25) is 0 Å². The first-order valence-corrected chi connectivity index (χ1v) is 14.1. The normalized spacial score (nSPS) is 12.7. The molecule has 0 heteroatoms. The molecular formula is C29H59. The summed E-state index contributed by atoms with van der Waals surface area (Å²) < 4.78 is 0. The van der Waals surface area contributed by atoms with E-state index >= 15 is 0 Å². The molecule has 0 saturated heterocycles. The van der Waals surface area contributed by atoms with Gasteiger partial charge < -0.3 is 0 Å². The third-order valence-corrected chi connectivity index (χ3v) is 6.85. The second kappa shape index (κ2) is 24.3. The molecule has 29 heavy (non-hydrogen) atoms. The van der Waals surface area contributed by atoms with Crippen LogP contribution in [0.25, 0.3) is 0 Å². The van der Waals surface area contributed by atoms with Crippen molar-refractivity contribution >= 4 is 0 Å². The molecule has 0 aliphatic carbocycles. The Morgan fingerprint density at radius 2 is 0.690 bits per heavy atom. The fourth-order valence-corrected chi connectivity index (χ4v) is 4.72. The predicted molar refractivity (Wildman–Crippen MR) is 136 cm³/mol. The molecule has 0 saturated carbocycles. The highest BCUT2D eigenvalue weighted by molar-refractivity contribution is 4.83. The topological polar surface area (TPSA) is 0 Å². The van der Waals surface area contributed by atoms with Gasteiger partial charge in [-0.05, 0) is 18.3 Å². The number of rotatable bonds is 24. The molecule has 0 rings (SSSR count). The first kappa shape index (κ1) is 29.0. The van der Waals surface area contributed by atoms with Gasteiger partial charge >= 0.3 is 0 Å². The van der Waals surface area contributed by atoms with E-state index in [9.17, 15) is 0 Å². The van der Waals surface area contributed by atoms with Gasteiger partial charge in [0.05, 0.1) is 0 Å². The molecule has 0 aromatic heterocycles. The minimum Gasteiger partial charge on any atom is -0.0654 e. The summed E-state index contributed by atoms with van der Waals surface area (Å²) in [6.07, 6.45) is 34.5. The standard InChI is InChI=1S/C29H59/c1-5-9-12-15-18-21-24-28(8-4)27-29(25-22-19-16-13-10-6-2)26-23-20-17-14-11-7-3/h27-29H,5-26H2,1-4H3. The van der Waals surface area contributed by atoms with Gasteiger partial charge in [0.2, 0.25) is 0 Å². The number of hydrogen-bond donors (Lipinski definition) is 0. The fraction of sp³-hybridized carbons (Fsp3) is 0.966. The van der Waals surface area contributed by atoms with Gasteiger partial charge in [0.25, 0.3) is 0 Å². The largest absolute Gasteiger partial charge is 0.0654 e. The average molecular weight is 408 g/mol. The van der Waals surface area contributed by atoms with E-state index in [0.29, 0.717) is 0 Å². The molecule has 0 aliphatic rings. The van der Waals surface area contributed by atoms with Crippen LogP contribution >= 0.6 is 0 Å². The minimum atomic E-state index is 0.881. The molecular weight excluding hydrogens is 348 g/mol. The molecule has 0 aromatic rings. The van der Waals surface area contributed by atoms with Gasteiger partial charge in [0, 0.05) is 0 Å². The molecule has 0 N–H and O–H groups in total. The van der Waals surface area contributed by atoms with Crippen molar-refractivity contribution < 1.29 is 0 Å². The second-order valence-corrected chi connectivity index (χ2v) is 9.79. The van der Waals surface area contributed by atoms with Crippen LogP contribution < -0.4 is 0 Å². The second-order valence-electron chi connectivity index (χ2n) is 9.79. The zero-order chi connectivity index (χ0) is 21.4. The molecule has 0 spiro atoms. The smallest absolute Gasteiger partial charge is 0.0324 e. The van der Waals surface area contributed by atoms with Crippen molar-refractivity contribution in [2.24, 2.45) is 11.8 Å². The SMILES string of the molecule is CCCCCCCCC([CH]C(CCCCCCCC)CCCCCCCC)CC. The monoisotopic (exact) mass is 407 g/mol. The summed E-state index contributed by atoms with van der Waals surface area (Å²) in [5, 5.41) is 0. The zero-order valence-corrected chi connectivity index (χ0v) is 21.3. The van der Waals surface area contributed by atoms with Crippen molar-refractivity contribution in [1.82, 2.24) is 0 Å². The lowest BCUT2D eigenvalue weighted by Crippen LogP contribution is -2.10. The molecule has 1 atom stereocenters. The number of hydrogen-bond acceptors (Lipinski definition) is 0. The van der Waals surface area contributed by atoms with Crippen molar-refractivity contribution in [3.05, 3.63) is 6.42 Å². The Labute approximate surface area is 187 Å². The van der Waals surface area contributed by atoms with Gasteiger partial charge in [-0.25, -0.2) is 0 Å². The van der Waals surface area contributed by atoms with Crippen molar-refractivity contribution in [2.45, 2.75) is 169 Å². The van der Waals surface area contributed by atoms with Crippen LogP contribution in [-0.4, -0.2) is 0 Å². The van der Waals surface area contributed by atoms with Gasteiger partial charge in [-0.2, -0.15) is 0 Å². The van der Waals surface area contributed by atoms with Crippen LogP contribution in [0.1, 0.15) is 169 Å². The summed E-state index contributed by atoms with van der Waals surface area (Å²) in [5.41, 5.74) is 0. The molecule has 0 aliphatic heterocycles. The van der Waals surface area contributed by atoms with E-state index in [1.54, 1.807) is 0 Å². The lowest BCUT2D eigenvalue weighted by atomic mass is 9.83. The van der Waals surface area contributed by atoms with Gasteiger partial charge in [-0.15, -0.1) is 0 Å². The van der Waals surface area contributed by atoms with Crippen molar-refractivity contribution in [3.8, 4) is 0 Å². The van der Waals surface area contributed by atoms with Crippen LogP contribution in [0.5, 0.6) is 0 Å². The van der Waals surface area contributed by atoms with E-state index < -0.39 is 0 Å². The van der Waals surface area contributed by atoms with E-state index in [2.05, 4.69) is 34.1 Å². The third kappa shape index (κ3) is 21.0.